The van der Waals surface area contributed by atoms with Crippen LogP contribution in [-0.2, 0) is 72.9 Å². The van der Waals surface area contributed by atoms with Crippen LogP contribution in [0.15, 0.2) is 78.1 Å². The van der Waals surface area contributed by atoms with Crippen LogP contribution in [-0.4, -0.2) is 101 Å². The van der Waals surface area contributed by atoms with Gasteiger partial charge in [-0.1, -0.05) is 68.1 Å². The number of carbonyl (C=O) groups excluding carboxylic acids is 7. The maximum absolute atomic E-state index is 15.4. The van der Waals surface area contributed by atoms with E-state index in [-0.39, 0.29) is 81.4 Å². The van der Waals surface area contributed by atoms with Gasteiger partial charge in [0.15, 0.2) is 5.60 Å². The summed E-state index contributed by atoms with van der Waals surface area (Å²) >= 11 is 0. The lowest BCUT2D eigenvalue weighted by Gasteiger charge is -2.36. The predicted molar refractivity (Wildman–Crippen MR) is 277 cm³/mol. The number of aryl methyl sites for hydroxylation is 1. The van der Waals surface area contributed by atoms with Crippen molar-refractivity contribution in [1.29, 1.82) is 0 Å². The van der Waals surface area contributed by atoms with Crippen molar-refractivity contribution >= 4 is 52.6 Å². The SMILES string of the molecule is C=CCOC(=O)CC[C@H](NC(=O)CNC(=O)OCC1c2ccccc2-c2ccccc21)C(=O)NCC(=O)NCOC1CC(C(=O)N[C@H]2CCc3c(C)c(F)cc4nc5c(c2c34)Cn2c-5cc3c(c2=O)COC(=O)[C@]3(O)CC)C1. The van der Waals surface area contributed by atoms with Crippen LogP contribution in [0.2, 0.25) is 0 Å². The minimum atomic E-state index is -2.03. The Labute approximate surface area is 446 Å². The molecule has 406 valence electrons. The molecule has 3 aliphatic carbocycles. The number of hydrogen-bond acceptors (Lipinski definition) is 14. The molecule has 78 heavy (non-hydrogen) atoms. The Kier molecular flexibility index (Phi) is 15.0. The number of benzene rings is 3. The van der Waals surface area contributed by atoms with Crippen molar-refractivity contribution in [2.45, 2.75) is 102 Å². The fourth-order valence-corrected chi connectivity index (χ4v) is 11.3. The minimum absolute atomic E-state index is 0.0211. The highest BCUT2D eigenvalue weighted by Crippen LogP contribution is 2.47. The van der Waals surface area contributed by atoms with Crippen molar-refractivity contribution in [3.8, 4) is 22.5 Å². The fourth-order valence-electron chi connectivity index (χ4n) is 11.3. The molecule has 6 N–H and O–H groups in total. The van der Waals surface area contributed by atoms with E-state index in [0.717, 1.165) is 33.4 Å². The van der Waals surface area contributed by atoms with Crippen molar-refractivity contribution in [3.63, 3.8) is 0 Å². The summed E-state index contributed by atoms with van der Waals surface area (Å²) in [6.07, 6.45) is 1.26. The highest BCUT2D eigenvalue weighted by atomic mass is 19.1. The molecule has 0 spiro atoms. The molecule has 20 nitrogen and oxygen atoms in total. The number of alkyl carbamates (subject to hydrolysis) is 1. The Bertz CT molecular complexity index is 3350. The van der Waals surface area contributed by atoms with Crippen LogP contribution in [0.1, 0.15) is 102 Å². The van der Waals surface area contributed by atoms with E-state index in [1.54, 1.807) is 19.9 Å². The van der Waals surface area contributed by atoms with E-state index in [2.05, 4.69) is 33.2 Å². The van der Waals surface area contributed by atoms with Gasteiger partial charge in [-0.2, -0.15) is 0 Å². The van der Waals surface area contributed by atoms with Crippen molar-refractivity contribution in [1.82, 2.24) is 36.1 Å². The summed E-state index contributed by atoms with van der Waals surface area (Å²) in [6.45, 7) is 5.29. The molecule has 4 heterocycles. The van der Waals surface area contributed by atoms with E-state index >= 15 is 4.39 Å². The molecule has 0 saturated heterocycles. The van der Waals surface area contributed by atoms with Crippen LogP contribution in [0.25, 0.3) is 33.4 Å². The van der Waals surface area contributed by atoms with Crippen LogP contribution in [0.3, 0.4) is 0 Å². The van der Waals surface area contributed by atoms with Crippen LogP contribution >= 0.6 is 0 Å². The molecule has 0 radical (unpaired) electrons. The van der Waals surface area contributed by atoms with Gasteiger partial charge < -0.3 is 55.2 Å². The number of halogens is 1. The van der Waals surface area contributed by atoms with Crippen LogP contribution < -0.4 is 32.1 Å². The Hall–Kier alpha value is -8.30. The molecule has 0 bridgehead atoms. The maximum Gasteiger partial charge on any atom is 0.407 e. The lowest BCUT2D eigenvalue weighted by Crippen LogP contribution is -2.51. The molecule has 5 amide bonds. The normalized spacial score (nSPS) is 19.5. The molecule has 0 unspecified atom stereocenters. The molecule has 3 aromatic carbocycles. The number of cyclic esters (lactones) is 1. The number of aromatic nitrogens is 2. The first-order valence-corrected chi connectivity index (χ1v) is 26.0. The number of amides is 5. The first-order chi connectivity index (χ1) is 37.6. The Morgan fingerprint density at radius 1 is 0.949 bits per heavy atom. The lowest BCUT2D eigenvalue weighted by molar-refractivity contribution is -0.172. The number of nitrogens with zero attached hydrogens (tertiary/aromatic N) is 2. The number of ether oxygens (including phenoxy) is 4. The van der Waals surface area contributed by atoms with Gasteiger partial charge in [0.05, 0.1) is 47.7 Å². The quantitative estimate of drug-likeness (QED) is 0.0288. The summed E-state index contributed by atoms with van der Waals surface area (Å²) in [5.41, 5.74) is 5.76. The zero-order chi connectivity index (χ0) is 55.0. The standard InChI is InChI=1S/C57H58FN7O13/c1-4-18-75-48(68)17-16-43(62-47(67)24-60-56(73)77-26-38-35-12-8-6-10-33(35)34-11-7-9-13-36(34)38)53(70)59-23-46(66)61-28-78-31-19-30(20-31)52(69)64-42-15-14-32-29(3)41(58)22-44-49(32)50(42)37-25-65-45(51(37)63-44)21-40-39(54(65)71)27-76-55(72)57(40,74)5-2/h4,6-13,21-22,30-31,38,42-43,74H,1,5,14-20,23-28H2,2-3H3,(H,59,70)(H,60,73)(H,61,66)(H,62,67)(H,64,69)/t30?,31?,42-,43-,57-/m0/s1. The topological polar surface area (TPSA) is 272 Å². The second-order valence-corrected chi connectivity index (χ2v) is 20.1. The van der Waals surface area contributed by atoms with Gasteiger partial charge in [0.2, 0.25) is 23.6 Å². The van der Waals surface area contributed by atoms with Crippen LogP contribution in [0.5, 0.6) is 0 Å². The molecule has 5 aromatic rings. The zero-order valence-electron chi connectivity index (χ0n) is 43.0. The van der Waals surface area contributed by atoms with Crippen molar-refractivity contribution < 1.29 is 62.0 Å². The van der Waals surface area contributed by atoms with E-state index in [1.165, 1.54) is 16.7 Å². The second-order valence-electron chi connectivity index (χ2n) is 20.1. The maximum atomic E-state index is 15.4. The summed E-state index contributed by atoms with van der Waals surface area (Å²) in [7, 11) is 0. The summed E-state index contributed by atoms with van der Waals surface area (Å²) in [4.78, 5) is 110. The molecule has 2 aromatic heterocycles. The van der Waals surface area contributed by atoms with Crippen LogP contribution in [0.4, 0.5) is 9.18 Å². The average Bonchev–Trinajstić information content (AvgIpc) is 3.84. The van der Waals surface area contributed by atoms with E-state index < -0.39 is 83.8 Å². The van der Waals surface area contributed by atoms with Crippen LogP contribution in [0, 0.1) is 18.7 Å². The number of aliphatic hydroxyl groups is 1. The largest absolute Gasteiger partial charge is 0.461 e. The van der Waals surface area contributed by atoms with Gasteiger partial charge in [-0.15, -0.1) is 0 Å². The molecule has 2 aliphatic heterocycles. The van der Waals surface area contributed by atoms with E-state index in [0.29, 0.717) is 59.1 Å². The van der Waals surface area contributed by atoms with E-state index in [9.17, 15) is 43.5 Å². The van der Waals surface area contributed by atoms with Crippen molar-refractivity contribution in [2.24, 2.45) is 5.92 Å². The second kappa shape index (κ2) is 22.0. The van der Waals surface area contributed by atoms with Gasteiger partial charge in [-0.25, -0.2) is 19.0 Å². The summed E-state index contributed by atoms with van der Waals surface area (Å²) < 4.78 is 38.5. The molecule has 5 aliphatic rings. The van der Waals surface area contributed by atoms with Gasteiger partial charge in [-0.3, -0.25) is 28.8 Å². The Morgan fingerprint density at radius 2 is 1.67 bits per heavy atom. The molecule has 1 saturated carbocycles. The third kappa shape index (κ3) is 10.1. The number of carbonyl (C=O) groups is 7. The minimum Gasteiger partial charge on any atom is -0.461 e. The smallest absolute Gasteiger partial charge is 0.407 e. The highest BCUT2D eigenvalue weighted by Gasteiger charge is 2.46. The van der Waals surface area contributed by atoms with Crippen molar-refractivity contribution in [3.05, 3.63) is 134 Å². The number of pyridine rings is 2. The summed E-state index contributed by atoms with van der Waals surface area (Å²) in [5.74, 6) is -4.96. The third-order valence-electron chi connectivity index (χ3n) is 15.6. The Morgan fingerprint density at radius 3 is 2.38 bits per heavy atom. The van der Waals surface area contributed by atoms with Gasteiger partial charge in [-0.05, 0) is 90.5 Å². The summed E-state index contributed by atoms with van der Waals surface area (Å²) in [5, 5.41) is 25.2. The van der Waals surface area contributed by atoms with Gasteiger partial charge in [0.25, 0.3) is 5.56 Å². The molecule has 1 fully saturated rings. The number of hydrogen-bond donors (Lipinski definition) is 6. The lowest BCUT2D eigenvalue weighted by atomic mass is 9.79. The molecular weight excluding hydrogens is 1010 g/mol. The van der Waals surface area contributed by atoms with Gasteiger partial charge in [0, 0.05) is 40.8 Å². The average molecular weight is 1070 g/mol. The molecule has 10 rings (SSSR count). The highest BCUT2D eigenvalue weighted by molar-refractivity contribution is 5.95. The number of nitrogens with one attached hydrogen (secondary N) is 5. The zero-order valence-corrected chi connectivity index (χ0v) is 43.0. The first-order valence-electron chi connectivity index (χ1n) is 26.0. The van der Waals surface area contributed by atoms with Gasteiger partial charge in [0.1, 0.15) is 45.0 Å². The summed E-state index contributed by atoms with van der Waals surface area (Å²) in [6, 6.07) is 16.8. The molecule has 3 atom stereocenters. The monoisotopic (exact) mass is 1070 g/mol. The molecule has 21 heteroatoms. The Balaban J connectivity index is 0.705. The first kappa shape index (κ1) is 53.1. The van der Waals surface area contributed by atoms with Crippen molar-refractivity contribution in [2.75, 3.05) is 33.0 Å². The number of fused-ring (bicyclic) bond motifs is 8. The third-order valence-corrected chi connectivity index (χ3v) is 15.6. The predicted octanol–water partition coefficient (Wildman–Crippen LogP) is 4.15. The number of esters is 2. The van der Waals surface area contributed by atoms with E-state index in [4.69, 9.17) is 23.9 Å². The van der Waals surface area contributed by atoms with E-state index in [1.807, 2.05) is 48.5 Å². The fraction of sp³-hybridized carbons (Fsp3) is 0.386. The van der Waals surface area contributed by atoms with Gasteiger partial charge >= 0.3 is 18.0 Å². The molecular formula is C57H58FN7O13. The number of rotatable bonds is 19.